The highest BCUT2D eigenvalue weighted by Crippen LogP contribution is 2.12. The molecule has 3 rings (SSSR count). The standard InChI is InChI=1S/C17H23N3O/c1-15-11-19(8-5-9-21-15)13-17-10-18-14-20(17)12-16-6-3-2-4-7-16/h2-4,6-7,10,14-15H,5,8-9,11-13H2,1H3/t15-/m1/s1. The first kappa shape index (κ1) is 14.3. The molecule has 0 amide bonds. The van der Waals surface area contributed by atoms with E-state index in [1.807, 2.05) is 12.5 Å². The zero-order valence-corrected chi connectivity index (χ0v) is 12.6. The molecular weight excluding hydrogens is 262 g/mol. The Morgan fingerprint density at radius 1 is 1.24 bits per heavy atom. The normalized spacial score (nSPS) is 20.3. The van der Waals surface area contributed by atoms with Gasteiger partial charge in [0.05, 0.1) is 18.1 Å². The van der Waals surface area contributed by atoms with Crippen LogP contribution in [0.4, 0.5) is 0 Å². The first-order valence-electron chi connectivity index (χ1n) is 7.68. The third-order valence-corrected chi connectivity index (χ3v) is 3.92. The molecule has 1 aromatic heterocycles. The molecule has 0 saturated carbocycles. The number of hydrogen-bond acceptors (Lipinski definition) is 3. The van der Waals surface area contributed by atoms with E-state index >= 15 is 0 Å². The molecule has 1 aliphatic heterocycles. The van der Waals surface area contributed by atoms with Gasteiger partial charge in [0.1, 0.15) is 0 Å². The molecule has 0 N–H and O–H groups in total. The van der Waals surface area contributed by atoms with Gasteiger partial charge in [0.25, 0.3) is 0 Å². The molecule has 21 heavy (non-hydrogen) atoms. The number of rotatable bonds is 4. The molecule has 0 spiro atoms. The van der Waals surface area contributed by atoms with Crippen LogP contribution in [0.1, 0.15) is 24.6 Å². The van der Waals surface area contributed by atoms with E-state index in [0.717, 1.165) is 39.2 Å². The number of imidazole rings is 1. The second-order valence-corrected chi connectivity index (χ2v) is 5.77. The zero-order valence-electron chi connectivity index (χ0n) is 12.6. The van der Waals surface area contributed by atoms with E-state index in [1.54, 1.807) is 0 Å². The SMILES string of the molecule is C[C@@H]1CN(Cc2cncn2Cc2ccccc2)CCCO1. The van der Waals surface area contributed by atoms with Crippen molar-refractivity contribution in [1.82, 2.24) is 14.5 Å². The van der Waals surface area contributed by atoms with Crippen molar-refractivity contribution in [3.8, 4) is 0 Å². The van der Waals surface area contributed by atoms with Crippen LogP contribution in [0.15, 0.2) is 42.9 Å². The van der Waals surface area contributed by atoms with Crippen molar-refractivity contribution >= 4 is 0 Å². The van der Waals surface area contributed by atoms with E-state index in [0.29, 0.717) is 6.10 Å². The summed E-state index contributed by atoms with van der Waals surface area (Å²) in [7, 11) is 0. The maximum absolute atomic E-state index is 5.71. The van der Waals surface area contributed by atoms with Crippen LogP contribution < -0.4 is 0 Å². The van der Waals surface area contributed by atoms with E-state index in [4.69, 9.17) is 4.74 Å². The lowest BCUT2D eigenvalue weighted by Gasteiger charge is -2.22. The van der Waals surface area contributed by atoms with Crippen molar-refractivity contribution in [3.05, 3.63) is 54.1 Å². The van der Waals surface area contributed by atoms with Gasteiger partial charge in [-0.3, -0.25) is 4.90 Å². The maximum atomic E-state index is 5.71. The van der Waals surface area contributed by atoms with Gasteiger partial charge in [0.2, 0.25) is 0 Å². The van der Waals surface area contributed by atoms with E-state index in [2.05, 4.69) is 51.7 Å². The zero-order chi connectivity index (χ0) is 14.5. The van der Waals surface area contributed by atoms with Crippen molar-refractivity contribution in [2.45, 2.75) is 32.5 Å². The fourth-order valence-electron chi connectivity index (χ4n) is 2.86. The highest BCUT2D eigenvalue weighted by molar-refractivity contribution is 5.16. The van der Waals surface area contributed by atoms with Gasteiger partial charge in [-0.15, -0.1) is 0 Å². The average molecular weight is 285 g/mol. The Balaban J connectivity index is 1.67. The molecule has 1 aromatic carbocycles. The Bertz CT molecular complexity index is 552. The quantitative estimate of drug-likeness (QED) is 0.865. The number of aromatic nitrogens is 2. The summed E-state index contributed by atoms with van der Waals surface area (Å²) >= 11 is 0. The molecule has 1 atom stereocenters. The number of nitrogens with zero attached hydrogens (tertiary/aromatic N) is 3. The van der Waals surface area contributed by atoms with Crippen LogP contribution in [-0.2, 0) is 17.8 Å². The van der Waals surface area contributed by atoms with Crippen LogP contribution in [0, 0.1) is 0 Å². The monoisotopic (exact) mass is 285 g/mol. The first-order valence-corrected chi connectivity index (χ1v) is 7.68. The lowest BCUT2D eigenvalue weighted by atomic mass is 10.2. The Labute approximate surface area is 126 Å². The lowest BCUT2D eigenvalue weighted by Crippen LogP contribution is -2.30. The topological polar surface area (TPSA) is 30.3 Å². The predicted octanol–water partition coefficient (Wildman–Crippen LogP) is 2.54. The van der Waals surface area contributed by atoms with Gasteiger partial charge in [0, 0.05) is 39.0 Å². The third-order valence-electron chi connectivity index (χ3n) is 3.92. The fraction of sp³-hybridized carbons (Fsp3) is 0.471. The van der Waals surface area contributed by atoms with E-state index in [-0.39, 0.29) is 0 Å². The van der Waals surface area contributed by atoms with Crippen molar-refractivity contribution in [1.29, 1.82) is 0 Å². The summed E-state index contributed by atoms with van der Waals surface area (Å²) < 4.78 is 7.96. The average Bonchev–Trinajstić information content (AvgIpc) is 2.80. The second-order valence-electron chi connectivity index (χ2n) is 5.77. The molecule has 0 bridgehead atoms. The largest absolute Gasteiger partial charge is 0.377 e. The molecule has 4 nitrogen and oxygen atoms in total. The van der Waals surface area contributed by atoms with Crippen molar-refractivity contribution in [2.75, 3.05) is 19.7 Å². The highest BCUT2D eigenvalue weighted by Gasteiger charge is 2.16. The molecule has 0 aliphatic carbocycles. The third kappa shape index (κ3) is 3.93. The molecule has 2 heterocycles. The summed E-state index contributed by atoms with van der Waals surface area (Å²) in [4.78, 5) is 6.80. The fourth-order valence-corrected chi connectivity index (χ4v) is 2.86. The highest BCUT2D eigenvalue weighted by atomic mass is 16.5. The smallest absolute Gasteiger partial charge is 0.0951 e. The first-order chi connectivity index (χ1) is 10.3. The number of benzene rings is 1. The predicted molar refractivity (Wildman–Crippen MR) is 83.1 cm³/mol. The van der Waals surface area contributed by atoms with E-state index in [9.17, 15) is 0 Å². The van der Waals surface area contributed by atoms with Gasteiger partial charge in [-0.2, -0.15) is 0 Å². The Kier molecular flexibility index (Phi) is 4.68. The van der Waals surface area contributed by atoms with E-state index in [1.165, 1.54) is 11.3 Å². The lowest BCUT2D eigenvalue weighted by molar-refractivity contribution is 0.0665. The van der Waals surface area contributed by atoms with Gasteiger partial charge < -0.3 is 9.30 Å². The molecule has 1 aliphatic rings. The number of ether oxygens (including phenoxy) is 1. The molecule has 1 fully saturated rings. The van der Waals surface area contributed by atoms with Crippen LogP contribution >= 0.6 is 0 Å². The maximum Gasteiger partial charge on any atom is 0.0951 e. The van der Waals surface area contributed by atoms with Crippen LogP contribution in [0.2, 0.25) is 0 Å². The van der Waals surface area contributed by atoms with Gasteiger partial charge in [-0.05, 0) is 18.9 Å². The summed E-state index contributed by atoms with van der Waals surface area (Å²) in [5.41, 5.74) is 2.58. The van der Waals surface area contributed by atoms with Crippen LogP contribution in [0.3, 0.4) is 0 Å². The second kappa shape index (κ2) is 6.87. The minimum absolute atomic E-state index is 0.318. The molecule has 2 aromatic rings. The summed E-state index contributed by atoms with van der Waals surface area (Å²) in [5, 5.41) is 0. The molecule has 0 radical (unpaired) electrons. The molecule has 1 saturated heterocycles. The summed E-state index contributed by atoms with van der Waals surface area (Å²) in [6.45, 7) is 6.95. The van der Waals surface area contributed by atoms with Gasteiger partial charge in [-0.1, -0.05) is 30.3 Å². The van der Waals surface area contributed by atoms with Gasteiger partial charge >= 0.3 is 0 Å². The summed E-state index contributed by atoms with van der Waals surface area (Å²) in [5.74, 6) is 0. The molecular formula is C17H23N3O. The molecule has 112 valence electrons. The van der Waals surface area contributed by atoms with Crippen LogP contribution in [-0.4, -0.2) is 40.3 Å². The van der Waals surface area contributed by atoms with Crippen LogP contribution in [0.5, 0.6) is 0 Å². The van der Waals surface area contributed by atoms with Crippen molar-refractivity contribution in [3.63, 3.8) is 0 Å². The Hall–Kier alpha value is -1.65. The minimum atomic E-state index is 0.318. The van der Waals surface area contributed by atoms with Crippen molar-refractivity contribution < 1.29 is 4.74 Å². The van der Waals surface area contributed by atoms with Gasteiger partial charge in [0.15, 0.2) is 0 Å². The van der Waals surface area contributed by atoms with Gasteiger partial charge in [-0.25, -0.2) is 4.98 Å². The van der Waals surface area contributed by atoms with Crippen LogP contribution in [0.25, 0.3) is 0 Å². The molecule has 4 heteroatoms. The van der Waals surface area contributed by atoms with E-state index < -0.39 is 0 Å². The van der Waals surface area contributed by atoms with Crippen molar-refractivity contribution in [2.24, 2.45) is 0 Å². The Morgan fingerprint density at radius 2 is 2.10 bits per heavy atom. The minimum Gasteiger partial charge on any atom is -0.377 e. The Morgan fingerprint density at radius 3 is 2.95 bits per heavy atom. The number of hydrogen-bond donors (Lipinski definition) is 0. The molecule has 0 unspecified atom stereocenters. The summed E-state index contributed by atoms with van der Waals surface area (Å²) in [6.07, 6.45) is 5.34. The summed E-state index contributed by atoms with van der Waals surface area (Å²) in [6, 6.07) is 10.5.